The smallest absolute Gasteiger partial charge is 0.0870 e. The molecule has 0 aromatic heterocycles. The molecule has 11 heavy (non-hydrogen) atoms. The fourth-order valence-electron chi connectivity index (χ4n) is 1.72. The van der Waals surface area contributed by atoms with E-state index in [9.17, 15) is 0 Å². The highest BCUT2D eigenvalue weighted by molar-refractivity contribution is 7.80. The van der Waals surface area contributed by atoms with Crippen LogP contribution in [0.25, 0.3) is 0 Å². The molecule has 64 valence electrons. The highest BCUT2D eigenvalue weighted by Crippen LogP contribution is 2.21. The summed E-state index contributed by atoms with van der Waals surface area (Å²) in [6.45, 7) is 0.778. The zero-order valence-corrected chi connectivity index (χ0v) is 7.86. The maximum atomic E-state index is 5.45. The van der Waals surface area contributed by atoms with E-state index in [-0.39, 0.29) is 0 Å². The van der Waals surface area contributed by atoms with Crippen molar-refractivity contribution in [3.05, 3.63) is 0 Å². The summed E-state index contributed by atoms with van der Waals surface area (Å²) < 4.78 is 0. The van der Waals surface area contributed by atoms with Crippen LogP contribution in [0, 0.1) is 0 Å². The Labute approximate surface area is 73.7 Å². The van der Waals surface area contributed by atoms with Gasteiger partial charge in [-0.05, 0) is 19.9 Å². The lowest BCUT2D eigenvalue weighted by atomic mass is 10.2. The number of nitrogens with two attached hydrogens (primary N) is 1. The van der Waals surface area contributed by atoms with Gasteiger partial charge in [0.25, 0.3) is 0 Å². The lowest BCUT2D eigenvalue weighted by molar-refractivity contribution is 0.279. The quantitative estimate of drug-likeness (QED) is 0.647. The molecular weight excluding hydrogens is 156 g/mol. The van der Waals surface area contributed by atoms with Crippen molar-refractivity contribution in [1.82, 2.24) is 4.90 Å². The second-order valence-corrected chi connectivity index (χ2v) is 3.84. The molecule has 3 heteroatoms. The van der Waals surface area contributed by atoms with Gasteiger partial charge < -0.3 is 5.73 Å². The standard InChI is InChI=1S/C8H16N2S/c1-10(6-8(9)11)7-4-2-3-5-7/h7H,2-6H2,1H3,(H2,9,11). The number of thiocarbonyl (C=S) groups is 1. The molecule has 2 N–H and O–H groups in total. The van der Waals surface area contributed by atoms with Crippen LogP contribution in [0.5, 0.6) is 0 Å². The van der Waals surface area contributed by atoms with Gasteiger partial charge in [0.05, 0.1) is 4.99 Å². The van der Waals surface area contributed by atoms with Crippen LogP contribution in [-0.4, -0.2) is 29.5 Å². The molecule has 0 spiro atoms. The number of hydrogen-bond acceptors (Lipinski definition) is 2. The van der Waals surface area contributed by atoms with Gasteiger partial charge in [0.2, 0.25) is 0 Å². The van der Waals surface area contributed by atoms with Crippen molar-refractivity contribution in [3.63, 3.8) is 0 Å². The maximum Gasteiger partial charge on any atom is 0.0870 e. The van der Waals surface area contributed by atoms with Gasteiger partial charge in [-0.25, -0.2) is 0 Å². The molecule has 0 saturated heterocycles. The molecular formula is C8H16N2S. The van der Waals surface area contributed by atoms with Crippen LogP contribution < -0.4 is 5.73 Å². The number of nitrogens with zero attached hydrogens (tertiary/aromatic N) is 1. The number of rotatable bonds is 3. The summed E-state index contributed by atoms with van der Waals surface area (Å²) in [5.41, 5.74) is 5.45. The molecule has 2 nitrogen and oxygen atoms in total. The summed E-state index contributed by atoms with van der Waals surface area (Å²) in [4.78, 5) is 2.88. The molecule has 0 heterocycles. The Balaban J connectivity index is 2.28. The lowest BCUT2D eigenvalue weighted by Crippen LogP contribution is -2.36. The molecule has 1 fully saturated rings. The second kappa shape index (κ2) is 4.02. The predicted molar refractivity (Wildman–Crippen MR) is 51.7 cm³/mol. The van der Waals surface area contributed by atoms with Crippen LogP contribution in [0.2, 0.25) is 0 Å². The van der Waals surface area contributed by atoms with E-state index in [4.69, 9.17) is 18.0 Å². The number of hydrogen-bond donors (Lipinski definition) is 1. The average molecular weight is 172 g/mol. The molecule has 1 aliphatic rings. The van der Waals surface area contributed by atoms with E-state index in [0.29, 0.717) is 4.99 Å². The molecule has 0 atom stereocenters. The summed E-state index contributed by atoms with van der Waals surface area (Å²) in [5.74, 6) is 0. The van der Waals surface area contributed by atoms with E-state index in [1.54, 1.807) is 0 Å². The Morgan fingerprint density at radius 2 is 2.09 bits per heavy atom. The van der Waals surface area contributed by atoms with Crippen molar-refractivity contribution >= 4 is 17.2 Å². The van der Waals surface area contributed by atoms with Crippen LogP contribution >= 0.6 is 12.2 Å². The first kappa shape index (κ1) is 8.94. The Morgan fingerprint density at radius 1 is 1.55 bits per heavy atom. The first-order valence-electron chi connectivity index (χ1n) is 4.18. The first-order valence-corrected chi connectivity index (χ1v) is 4.59. The molecule has 0 aromatic rings. The van der Waals surface area contributed by atoms with Crippen molar-refractivity contribution in [2.45, 2.75) is 31.7 Å². The third-order valence-electron chi connectivity index (χ3n) is 2.35. The number of likely N-dealkylation sites (N-methyl/N-ethyl adjacent to an activating group) is 1. The Kier molecular flexibility index (Phi) is 3.27. The Bertz CT molecular complexity index is 141. The fourth-order valence-corrected chi connectivity index (χ4v) is 1.92. The topological polar surface area (TPSA) is 29.3 Å². The maximum absolute atomic E-state index is 5.45. The third kappa shape index (κ3) is 2.75. The van der Waals surface area contributed by atoms with E-state index in [1.807, 2.05) is 0 Å². The normalized spacial score (nSPS) is 19.5. The van der Waals surface area contributed by atoms with E-state index in [0.717, 1.165) is 12.6 Å². The van der Waals surface area contributed by atoms with Gasteiger partial charge in [-0.15, -0.1) is 0 Å². The monoisotopic (exact) mass is 172 g/mol. The van der Waals surface area contributed by atoms with E-state index < -0.39 is 0 Å². The molecule has 0 radical (unpaired) electrons. The fraction of sp³-hybridized carbons (Fsp3) is 0.875. The van der Waals surface area contributed by atoms with Gasteiger partial charge in [0.15, 0.2) is 0 Å². The lowest BCUT2D eigenvalue weighted by Gasteiger charge is -2.22. The second-order valence-electron chi connectivity index (χ2n) is 3.32. The van der Waals surface area contributed by atoms with Crippen LogP contribution in [-0.2, 0) is 0 Å². The summed E-state index contributed by atoms with van der Waals surface area (Å²) in [6.07, 6.45) is 5.37. The molecule has 1 saturated carbocycles. The van der Waals surface area contributed by atoms with Gasteiger partial charge in [-0.1, -0.05) is 25.1 Å². The predicted octanol–water partition coefficient (Wildman–Crippen LogP) is 1.15. The summed E-state index contributed by atoms with van der Waals surface area (Å²) in [7, 11) is 2.11. The van der Waals surface area contributed by atoms with Crippen molar-refractivity contribution in [2.75, 3.05) is 13.6 Å². The van der Waals surface area contributed by atoms with E-state index >= 15 is 0 Å². The van der Waals surface area contributed by atoms with Gasteiger partial charge in [-0.3, -0.25) is 4.90 Å². The zero-order valence-electron chi connectivity index (χ0n) is 7.05. The largest absolute Gasteiger partial charge is 0.392 e. The summed E-state index contributed by atoms with van der Waals surface area (Å²) in [5, 5.41) is 0. The SMILES string of the molecule is CN(CC(N)=S)C1CCCC1. The molecule has 0 bridgehead atoms. The van der Waals surface area contributed by atoms with Crippen molar-refractivity contribution < 1.29 is 0 Å². The van der Waals surface area contributed by atoms with Crippen LogP contribution in [0.1, 0.15) is 25.7 Å². The zero-order chi connectivity index (χ0) is 8.27. The van der Waals surface area contributed by atoms with Gasteiger partial charge >= 0.3 is 0 Å². The van der Waals surface area contributed by atoms with Crippen LogP contribution in [0.3, 0.4) is 0 Å². The third-order valence-corrected chi connectivity index (χ3v) is 2.48. The van der Waals surface area contributed by atoms with Gasteiger partial charge in [0.1, 0.15) is 0 Å². The summed E-state index contributed by atoms with van der Waals surface area (Å²) in [6, 6.07) is 0.733. The average Bonchev–Trinajstić information content (AvgIpc) is 2.35. The van der Waals surface area contributed by atoms with Crippen LogP contribution in [0.15, 0.2) is 0 Å². The molecule has 1 rings (SSSR count). The van der Waals surface area contributed by atoms with E-state index in [1.165, 1.54) is 25.7 Å². The minimum Gasteiger partial charge on any atom is -0.392 e. The first-order chi connectivity index (χ1) is 5.20. The Morgan fingerprint density at radius 3 is 2.55 bits per heavy atom. The molecule has 0 amide bonds. The minimum absolute atomic E-state index is 0.611. The van der Waals surface area contributed by atoms with Crippen molar-refractivity contribution in [2.24, 2.45) is 5.73 Å². The van der Waals surface area contributed by atoms with Gasteiger partial charge in [-0.2, -0.15) is 0 Å². The summed E-state index contributed by atoms with van der Waals surface area (Å²) >= 11 is 4.84. The minimum atomic E-state index is 0.611. The molecule has 0 aliphatic heterocycles. The van der Waals surface area contributed by atoms with Gasteiger partial charge in [0, 0.05) is 12.6 Å². The van der Waals surface area contributed by atoms with E-state index in [2.05, 4.69) is 11.9 Å². The molecule has 0 unspecified atom stereocenters. The Hall–Kier alpha value is -0.150. The molecule has 0 aromatic carbocycles. The van der Waals surface area contributed by atoms with Crippen molar-refractivity contribution in [1.29, 1.82) is 0 Å². The molecule has 1 aliphatic carbocycles. The van der Waals surface area contributed by atoms with Crippen molar-refractivity contribution in [3.8, 4) is 0 Å². The van der Waals surface area contributed by atoms with Crippen LogP contribution in [0.4, 0.5) is 0 Å². The highest BCUT2D eigenvalue weighted by Gasteiger charge is 2.19. The highest BCUT2D eigenvalue weighted by atomic mass is 32.1.